The fourth-order valence-electron chi connectivity index (χ4n) is 3.27. The highest BCUT2D eigenvalue weighted by molar-refractivity contribution is 6.31. The van der Waals surface area contributed by atoms with Crippen LogP contribution in [-0.2, 0) is 4.74 Å². The Morgan fingerprint density at radius 1 is 1.30 bits per heavy atom. The first-order valence-corrected chi connectivity index (χ1v) is 9.96. The molecule has 1 aromatic carbocycles. The zero-order valence-corrected chi connectivity index (χ0v) is 17.6. The molecule has 1 amide bonds. The van der Waals surface area contributed by atoms with Gasteiger partial charge in [-0.2, -0.15) is 5.10 Å². The second kappa shape index (κ2) is 7.64. The number of rotatable bonds is 3. The van der Waals surface area contributed by atoms with E-state index in [1.54, 1.807) is 23.1 Å². The molecule has 0 spiro atoms. The van der Waals surface area contributed by atoms with Gasteiger partial charge in [0.05, 0.1) is 6.54 Å². The summed E-state index contributed by atoms with van der Waals surface area (Å²) in [6.45, 7) is 6.42. The summed E-state index contributed by atoms with van der Waals surface area (Å²) in [5.41, 5.74) is -0.520. The molecule has 0 saturated carbocycles. The van der Waals surface area contributed by atoms with Crippen LogP contribution >= 0.6 is 11.6 Å². The van der Waals surface area contributed by atoms with E-state index >= 15 is 0 Å². The Morgan fingerprint density at radius 2 is 2.10 bits per heavy atom. The largest absolute Gasteiger partial charge is 0.472 e. The molecule has 1 aliphatic heterocycles. The van der Waals surface area contributed by atoms with Crippen molar-refractivity contribution in [3.63, 3.8) is 0 Å². The first kappa shape index (κ1) is 20.2. The third-order valence-corrected chi connectivity index (χ3v) is 4.81. The summed E-state index contributed by atoms with van der Waals surface area (Å²) in [7, 11) is 0. The number of pyridine rings is 1. The minimum Gasteiger partial charge on any atom is -0.472 e. The van der Waals surface area contributed by atoms with Crippen molar-refractivity contribution in [1.82, 2.24) is 25.1 Å². The molecule has 4 rings (SSSR count). The molecule has 1 fully saturated rings. The second-order valence-corrected chi connectivity index (χ2v) is 8.60. The summed E-state index contributed by atoms with van der Waals surface area (Å²) in [5.74, 6) is 0.674. The molecule has 1 aliphatic rings. The molecule has 30 heavy (non-hydrogen) atoms. The predicted molar refractivity (Wildman–Crippen MR) is 112 cm³/mol. The van der Waals surface area contributed by atoms with Gasteiger partial charge in [0.2, 0.25) is 5.88 Å². The van der Waals surface area contributed by atoms with Gasteiger partial charge in [-0.15, -0.1) is 0 Å². The van der Waals surface area contributed by atoms with Gasteiger partial charge in [-0.25, -0.2) is 19.7 Å². The topological polar surface area (TPSA) is 113 Å². The van der Waals surface area contributed by atoms with Crippen molar-refractivity contribution in [1.29, 1.82) is 0 Å². The van der Waals surface area contributed by atoms with Gasteiger partial charge in [-0.3, -0.25) is 4.98 Å². The number of likely N-dealkylation sites (tertiary alicyclic amines) is 1. The lowest BCUT2D eigenvalue weighted by molar-refractivity contribution is 0.0275. The number of aromatic nitrogens is 4. The predicted octanol–water partition coefficient (Wildman–Crippen LogP) is 3.35. The molecule has 9 nitrogen and oxygen atoms in total. The number of amides is 1. The molecule has 2 N–H and O–H groups in total. The average Bonchev–Trinajstić information content (AvgIpc) is 3.30. The van der Waals surface area contributed by atoms with Gasteiger partial charge in [0.15, 0.2) is 5.82 Å². The molecule has 3 heterocycles. The number of carbonyl (C=O) groups is 1. The van der Waals surface area contributed by atoms with Crippen LogP contribution in [0.4, 0.5) is 4.79 Å². The van der Waals surface area contributed by atoms with Crippen molar-refractivity contribution in [3.8, 4) is 17.4 Å². The van der Waals surface area contributed by atoms with Gasteiger partial charge < -0.3 is 14.4 Å². The number of halogens is 1. The molecule has 1 atom stereocenters. The first-order valence-electron chi connectivity index (χ1n) is 9.58. The van der Waals surface area contributed by atoms with Crippen molar-refractivity contribution < 1.29 is 14.3 Å². The van der Waals surface area contributed by atoms with E-state index in [2.05, 4.69) is 20.2 Å². The van der Waals surface area contributed by atoms with Gasteiger partial charge in [-0.05, 0) is 44.4 Å². The summed E-state index contributed by atoms with van der Waals surface area (Å²) in [5, 5.41) is 8.41. The molecular formula is C20H22ClN5O4. The highest BCUT2D eigenvalue weighted by Crippen LogP contribution is 2.31. The van der Waals surface area contributed by atoms with E-state index < -0.39 is 11.3 Å². The minimum absolute atomic E-state index is 0.249. The van der Waals surface area contributed by atoms with Crippen LogP contribution < -0.4 is 10.4 Å². The van der Waals surface area contributed by atoms with Crippen molar-refractivity contribution in [2.75, 3.05) is 13.1 Å². The lowest BCUT2D eigenvalue weighted by Crippen LogP contribution is -2.36. The highest BCUT2D eigenvalue weighted by atomic mass is 35.5. The molecular weight excluding hydrogens is 410 g/mol. The smallest absolute Gasteiger partial charge is 0.410 e. The molecule has 10 heteroatoms. The third-order valence-electron chi connectivity index (χ3n) is 4.58. The van der Waals surface area contributed by atoms with Crippen LogP contribution in [0, 0.1) is 0 Å². The Balaban J connectivity index is 1.61. The van der Waals surface area contributed by atoms with Crippen LogP contribution in [-0.4, -0.2) is 56.0 Å². The van der Waals surface area contributed by atoms with Crippen LogP contribution in [0.3, 0.4) is 0 Å². The Kier molecular flexibility index (Phi) is 5.15. The molecule has 2 aromatic heterocycles. The Bertz CT molecular complexity index is 1150. The van der Waals surface area contributed by atoms with E-state index in [9.17, 15) is 9.59 Å². The fraction of sp³-hybridized carbons (Fsp3) is 0.400. The number of ether oxygens (including phenoxy) is 2. The SMILES string of the molecule is CC(C)(C)OC(=O)N1CC[C@H](Oc2nc(-c3n[nH]c(=O)[nH]3)cc3ccc(Cl)cc23)C1. The van der Waals surface area contributed by atoms with Crippen LogP contribution in [0.1, 0.15) is 27.2 Å². The monoisotopic (exact) mass is 431 g/mol. The summed E-state index contributed by atoms with van der Waals surface area (Å²) >= 11 is 6.18. The molecule has 0 radical (unpaired) electrons. The van der Waals surface area contributed by atoms with E-state index in [-0.39, 0.29) is 12.2 Å². The first-order chi connectivity index (χ1) is 14.2. The number of nitrogens with one attached hydrogen (secondary N) is 2. The number of fused-ring (bicyclic) bond motifs is 1. The molecule has 0 unspecified atom stereocenters. The minimum atomic E-state index is -0.556. The standard InChI is InChI=1S/C20H22ClN5O4/c1-20(2,3)30-19(28)26-7-6-13(10-26)29-17-14-9-12(21)5-4-11(14)8-15(22-17)16-23-18(27)25-24-16/h4-5,8-9,13H,6-7,10H2,1-3H3,(H2,23,24,25,27)/t13-/m0/s1. The van der Waals surface area contributed by atoms with Crippen LogP contribution in [0.15, 0.2) is 29.1 Å². The summed E-state index contributed by atoms with van der Waals surface area (Å²) in [6.07, 6.45) is 0.0323. The zero-order valence-electron chi connectivity index (χ0n) is 16.9. The zero-order chi connectivity index (χ0) is 21.5. The molecule has 1 saturated heterocycles. The number of H-pyrrole nitrogens is 2. The third kappa shape index (κ3) is 4.40. The number of aromatic amines is 2. The van der Waals surface area contributed by atoms with Crippen molar-refractivity contribution in [2.24, 2.45) is 0 Å². The number of benzene rings is 1. The Labute approximate surface area is 177 Å². The van der Waals surface area contributed by atoms with Crippen molar-refractivity contribution >= 4 is 28.5 Å². The fourth-order valence-corrected chi connectivity index (χ4v) is 3.44. The van der Waals surface area contributed by atoms with Gasteiger partial charge in [0, 0.05) is 23.4 Å². The average molecular weight is 432 g/mol. The van der Waals surface area contributed by atoms with E-state index in [0.717, 1.165) is 10.8 Å². The summed E-state index contributed by atoms with van der Waals surface area (Å²) in [4.78, 5) is 32.5. The van der Waals surface area contributed by atoms with E-state index in [1.807, 2.05) is 26.8 Å². The quantitative estimate of drug-likeness (QED) is 0.657. The molecule has 0 bridgehead atoms. The summed E-state index contributed by atoms with van der Waals surface area (Å²) < 4.78 is 11.6. The second-order valence-electron chi connectivity index (χ2n) is 8.16. The lowest BCUT2D eigenvalue weighted by atomic mass is 10.1. The van der Waals surface area contributed by atoms with Gasteiger partial charge in [0.1, 0.15) is 17.4 Å². The van der Waals surface area contributed by atoms with Crippen molar-refractivity contribution in [2.45, 2.75) is 38.9 Å². The van der Waals surface area contributed by atoms with E-state index in [0.29, 0.717) is 41.9 Å². The van der Waals surface area contributed by atoms with Gasteiger partial charge in [-0.1, -0.05) is 17.7 Å². The van der Waals surface area contributed by atoms with E-state index in [1.165, 1.54) is 0 Å². The molecule has 158 valence electrons. The molecule has 0 aliphatic carbocycles. The van der Waals surface area contributed by atoms with Crippen molar-refractivity contribution in [3.05, 3.63) is 39.8 Å². The maximum absolute atomic E-state index is 12.3. The normalized spacial score (nSPS) is 16.8. The maximum Gasteiger partial charge on any atom is 0.410 e. The number of hydrogen-bond acceptors (Lipinski definition) is 6. The number of hydrogen-bond donors (Lipinski definition) is 2. The number of carbonyl (C=O) groups excluding carboxylic acids is 1. The lowest BCUT2D eigenvalue weighted by Gasteiger charge is -2.24. The summed E-state index contributed by atoms with van der Waals surface area (Å²) in [6, 6.07) is 7.19. The van der Waals surface area contributed by atoms with Gasteiger partial charge in [0.25, 0.3) is 0 Å². The maximum atomic E-state index is 12.3. The number of nitrogens with zero attached hydrogens (tertiary/aromatic N) is 3. The highest BCUT2D eigenvalue weighted by Gasteiger charge is 2.31. The molecule has 3 aromatic rings. The van der Waals surface area contributed by atoms with Gasteiger partial charge >= 0.3 is 11.8 Å². The Hall–Kier alpha value is -3.07. The Morgan fingerprint density at radius 3 is 2.80 bits per heavy atom. The van der Waals surface area contributed by atoms with Crippen LogP contribution in [0.2, 0.25) is 5.02 Å². The van der Waals surface area contributed by atoms with Crippen LogP contribution in [0.5, 0.6) is 5.88 Å². The van der Waals surface area contributed by atoms with Crippen LogP contribution in [0.25, 0.3) is 22.3 Å². The van der Waals surface area contributed by atoms with E-state index in [4.69, 9.17) is 21.1 Å².